The van der Waals surface area contributed by atoms with Crippen LogP contribution in [0.5, 0.6) is 0 Å². The minimum absolute atomic E-state index is 0.177. The lowest BCUT2D eigenvalue weighted by Gasteiger charge is -2.36. The molecular weight excluding hydrogens is 240 g/mol. The number of hydrogen-bond donors (Lipinski definition) is 2. The van der Waals surface area contributed by atoms with Crippen molar-refractivity contribution in [2.75, 3.05) is 32.8 Å². The third kappa shape index (κ3) is 5.49. The van der Waals surface area contributed by atoms with Gasteiger partial charge in [0.05, 0.1) is 0 Å². The second kappa shape index (κ2) is 8.54. The monoisotopic (exact) mass is 270 g/mol. The zero-order chi connectivity index (χ0) is 14.1. The molecule has 0 aliphatic carbocycles. The SMILES string of the molecule is CCCOCCCNC(=O)C(C)(C)C1CCCNC1. The van der Waals surface area contributed by atoms with Crippen molar-refractivity contribution >= 4 is 5.91 Å². The Morgan fingerprint density at radius 1 is 1.42 bits per heavy atom. The van der Waals surface area contributed by atoms with Crippen molar-refractivity contribution in [1.29, 1.82) is 0 Å². The molecule has 0 spiro atoms. The van der Waals surface area contributed by atoms with Gasteiger partial charge in [-0.25, -0.2) is 0 Å². The van der Waals surface area contributed by atoms with Crippen LogP contribution in [0.4, 0.5) is 0 Å². The number of rotatable bonds is 8. The number of nitrogens with one attached hydrogen (secondary N) is 2. The Bertz CT molecular complexity index is 261. The van der Waals surface area contributed by atoms with Crippen LogP contribution in [0.15, 0.2) is 0 Å². The molecule has 19 heavy (non-hydrogen) atoms. The quantitative estimate of drug-likeness (QED) is 0.663. The average Bonchev–Trinajstić information content (AvgIpc) is 2.43. The van der Waals surface area contributed by atoms with Crippen molar-refractivity contribution in [3.63, 3.8) is 0 Å². The lowest BCUT2D eigenvalue weighted by molar-refractivity contribution is -0.132. The summed E-state index contributed by atoms with van der Waals surface area (Å²) in [6.45, 7) is 10.5. The zero-order valence-electron chi connectivity index (χ0n) is 12.8. The van der Waals surface area contributed by atoms with Gasteiger partial charge >= 0.3 is 0 Å². The molecule has 1 fully saturated rings. The molecule has 1 unspecified atom stereocenters. The molecule has 1 atom stereocenters. The number of carbonyl (C=O) groups excluding carboxylic acids is 1. The summed E-state index contributed by atoms with van der Waals surface area (Å²) in [5.74, 6) is 0.620. The smallest absolute Gasteiger partial charge is 0.225 e. The normalized spacial score (nSPS) is 20.3. The van der Waals surface area contributed by atoms with Gasteiger partial charge in [-0.05, 0) is 44.7 Å². The summed E-state index contributed by atoms with van der Waals surface area (Å²) in [5, 5.41) is 6.44. The third-order valence-electron chi connectivity index (χ3n) is 4.00. The largest absolute Gasteiger partial charge is 0.381 e. The molecule has 1 saturated heterocycles. The predicted octanol–water partition coefficient (Wildman–Crippen LogP) is 1.95. The maximum atomic E-state index is 12.3. The summed E-state index contributed by atoms with van der Waals surface area (Å²) >= 11 is 0. The first-order valence-corrected chi connectivity index (χ1v) is 7.65. The highest BCUT2D eigenvalue weighted by Crippen LogP contribution is 2.31. The van der Waals surface area contributed by atoms with E-state index in [2.05, 4.69) is 31.4 Å². The van der Waals surface area contributed by atoms with E-state index in [0.29, 0.717) is 12.5 Å². The highest BCUT2D eigenvalue weighted by molar-refractivity contribution is 5.82. The molecule has 1 heterocycles. The summed E-state index contributed by atoms with van der Waals surface area (Å²) < 4.78 is 5.41. The van der Waals surface area contributed by atoms with Crippen molar-refractivity contribution in [1.82, 2.24) is 10.6 Å². The van der Waals surface area contributed by atoms with Gasteiger partial charge in [-0.3, -0.25) is 4.79 Å². The van der Waals surface area contributed by atoms with Crippen LogP contribution in [0, 0.1) is 11.3 Å². The van der Waals surface area contributed by atoms with Gasteiger partial charge in [-0.1, -0.05) is 20.8 Å². The van der Waals surface area contributed by atoms with Crippen LogP contribution in [0.2, 0.25) is 0 Å². The molecule has 1 aliphatic rings. The van der Waals surface area contributed by atoms with Crippen LogP contribution >= 0.6 is 0 Å². The van der Waals surface area contributed by atoms with Crippen molar-refractivity contribution in [2.45, 2.75) is 46.5 Å². The molecule has 0 radical (unpaired) electrons. The van der Waals surface area contributed by atoms with Gasteiger partial charge in [0.1, 0.15) is 0 Å². The maximum absolute atomic E-state index is 12.3. The molecule has 1 rings (SSSR count). The van der Waals surface area contributed by atoms with Gasteiger partial charge in [0, 0.05) is 25.2 Å². The fourth-order valence-electron chi connectivity index (χ4n) is 2.50. The van der Waals surface area contributed by atoms with Crippen LogP contribution < -0.4 is 10.6 Å². The molecule has 0 aromatic rings. The van der Waals surface area contributed by atoms with Gasteiger partial charge in [-0.2, -0.15) is 0 Å². The van der Waals surface area contributed by atoms with Crippen LogP contribution in [-0.2, 0) is 9.53 Å². The molecular formula is C15H30N2O2. The molecule has 1 amide bonds. The van der Waals surface area contributed by atoms with Gasteiger partial charge in [0.15, 0.2) is 0 Å². The minimum atomic E-state index is -0.280. The van der Waals surface area contributed by atoms with Crippen molar-refractivity contribution in [3.8, 4) is 0 Å². The Morgan fingerprint density at radius 2 is 2.21 bits per heavy atom. The fourth-order valence-corrected chi connectivity index (χ4v) is 2.50. The van der Waals surface area contributed by atoms with Gasteiger partial charge in [0.2, 0.25) is 5.91 Å². The van der Waals surface area contributed by atoms with Crippen LogP contribution in [-0.4, -0.2) is 38.8 Å². The van der Waals surface area contributed by atoms with Crippen molar-refractivity contribution in [3.05, 3.63) is 0 Å². The standard InChI is InChI=1S/C15H30N2O2/c1-4-10-19-11-6-9-17-14(18)15(2,3)13-7-5-8-16-12-13/h13,16H,4-12H2,1-3H3,(H,17,18). The first-order chi connectivity index (χ1) is 9.09. The summed E-state index contributed by atoms with van der Waals surface area (Å²) in [6, 6.07) is 0. The van der Waals surface area contributed by atoms with E-state index >= 15 is 0 Å². The average molecular weight is 270 g/mol. The van der Waals surface area contributed by atoms with Crippen molar-refractivity contribution < 1.29 is 9.53 Å². The Labute approximate surface area is 117 Å². The predicted molar refractivity (Wildman–Crippen MR) is 78.1 cm³/mol. The summed E-state index contributed by atoms with van der Waals surface area (Å²) in [5.41, 5.74) is -0.280. The molecule has 2 N–H and O–H groups in total. The van der Waals surface area contributed by atoms with E-state index in [-0.39, 0.29) is 11.3 Å². The summed E-state index contributed by atoms with van der Waals surface area (Å²) in [6.07, 6.45) is 4.26. The summed E-state index contributed by atoms with van der Waals surface area (Å²) in [4.78, 5) is 12.3. The van der Waals surface area contributed by atoms with E-state index in [9.17, 15) is 4.79 Å². The van der Waals surface area contributed by atoms with Gasteiger partial charge in [0.25, 0.3) is 0 Å². The van der Waals surface area contributed by atoms with Crippen molar-refractivity contribution in [2.24, 2.45) is 11.3 Å². The van der Waals surface area contributed by atoms with Gasteiger partial charge in [-0.15, -0.1) is 0 Å². The molecule has 0 bridgehead atoms. The lowest BCUT2D eigenvalue weighted by Crippen LogP contribution is -2.47. The first kappa shape index (κ1) is 16.4. The zero-order valence-corrected chi connectivity index (χ0v) is 12.8. The fraction of sp³-hybridized carbons (Fsp3) is 0.933. The first-order valence-electron chi connectivity index (χ1n) is 7.65. The van der Waals surface area contributed by atoms with E-state index < -0.39 is 0 Å². The molecule has 4 heteroatoms. The van der Waals surface area contributed by atoms with E-state index in [4.69, 9.17) is 4.74 Å². The third-order valence-corrected chi connectivity index (χ3v) is 4.00. The minimum Gasteiger partial charge on any atom is -0.381 e. The molecule has 0 saturated carbocycles. The highest BCUT2D eigenvalue weighted by Gasteiger charge is 2.36. The number of amides is 1. The second-order valence-corrected chi connectivity index (χ2v) is 5.99. The molecule has 0 aromatic carbocycles. The van der Waals surface area contributed by atoms with Crippen LogP contribution in [0.25, 0.3) is 0 Å². The highest BCUT2D eigenvalue weighted by atomic mass is 16.5. The molecule has 0 aromatic heterocycles. The number of carbonyl (C=O) groups is 1. The van der Waals surface area contributed by atoms with E-state index in [1.54, 1.807) is 0 Å². The van der Waals surface area contributed by atoms with Crippen LogP contribution in [0.1, 0.15) is 46.5 Å². The van der Waals surface area contributed by atoms with E-state index in [0.717, 1.165) is 45.6 Å². The van der Waals surface area contributed by atoms with Gasteiger partial charge < -0.3 is 15.4 Å². The van der Waals surface area contributed by atoms with E-state index in [1.807, 2.05) is 0 Å². The Hall–Kier alpha value is -0.610. The Morgan fingerprint density at radius 3 is 2.84 bits per heavy atom. The number of piperidine rings is 1. The summed E-state index contributed by atoms with van der Waals surface area (Å²) in [7, 11) is 0. The number of hydrogen-bond acceptors (Lipinski definition) is 3. The topological polar surface area (TPSA) is 50.4 Å². The maximum Gasteiger partial charge on any atom is 0.225 e. The lowest BCUT2D eigenvalue weighted by atomic mass is 9.74. The molecule has 4 nitrogen and oxygen atoms in total. The Balaban J connectivity index is 2.22. The van der Waals surface area contributed by atoms with Crippen LogP contribution in [0.3, 0.4) is 0 Å². The number of ether oxygens (including phenoxy) is 1. The molecule has 112 valence electrons. The second-order valence-electron chi connectivity index (χ2n) is 5.99. The van der Waals surface area contributed by atoms with E-state index in [1.165, 1.54) is 6.42 Å². The Kier molecular flexibility index (Phi) is 7.39. The molecule has 1 aliphatic heterocycles.